The van der Waals surface area contributed by atoms with Gasteiger partial charge in [-0.05, 0) is 27.7 Å². The molecule has 1 heterocycles. The monoisotopic (exact) mass is 226 g/mol. The molecular weight excluding hydrogens is 208 g/mol. The lowest BCUT2D eigenvalue weighted by atomic mass is 10.4. The number of nitrogens with zero attached hydrogens (tertiary/aromatic N) is 2. The van der Waals surface area contributed by atoms with Gasteiger partial charge in [0.25, 0.3) is 0 Å². The quantitative estimate of drug-likeness (QED) is 0.777. The first-order valence-corrected chi connectivity index (χ1v) is 5.31. The molecule has 0 saturated heterocycles. The second kappa shape index (κ2) is 5.01. The van der Waals surface area contributed by atoms with Crippen molar-refractivity contribution >= 4 is 0 Å². The van der Waals surface area contributed by atoms with Crippen molar-refractivity contribution in [2.24, 2.45) is 7.05 Å². The highest BCUT2D eigenvalue weighted by Gasteiger charge is 2.15. The molecule has 0 aliphatic carbocycles. The third kappa shape index (κ3) is 2.98. The minimum absolute atomic E-state index is 0.0246. The predicted molar refractivity (Wildman–Crippen MR) is 61.0 cm³/mol. The van der Waals surface area contributed by atoms with Crippen molar-refractivity contribution in [3.63, 3.8) is 0 Å². The fourth-order valence-corrected chi connectivity index (χ4v) is 1.18. The number of hydrogen-bond acceptors (Lipinski definition) is 4. The summed E-state index contributed by atoms with van der Waals surface area (Å²) in [5.74, 6) is 0.619. The fourth-order valence-electron chi connectivity index (χ4n) is 1.18. The van der Waals surface area contributed by atoms with Crippen LogP contribution in [0.1, 0.15) is 27.7 Å². The van der Waals surface area contributed by atoms with Crippen LogP contribution in [0.15, 0.2) is 11.0 Å². The van der Waals surface area contributed by atoms with Crippen molar-refractivity contribution in [1.29, 1.82) is 0 Å². The highest BCUT2D eigenvalue weighted by molar-refractivity contribution is 5.35. The Balaban J connectivity index is 3.16. The van der Waals surface area contributed by atoms with Gasteiger partial charge in [0.15, 0.2) is 5.75 Å². The van der Waals surface area contributed by atoms with Crippen LogP contribution in [0, 0.1) is 0 Å². The van der Waals surface area contributed by atoms with Gasteiger partial charge in [-0.25, -0.2) is 4.68 Å². The molecule has 0 amide bonds. The lowest BCUT2D eigenvalue weighted by molar-refractivity contribution is 0.193. The zero-order valence-electron chi connectivity index (χ0n) is 10.4. The van der Waals surface area contributed by atoms with E-state index < -0.39 is 0 Å². The van der Waals surface area contributed by atoms with E-state index in [1.54, 1.807) is 7.05 Å². The molecule has 0 aliphatic heterocycles. The first-order chi connectivity index (χ1) is 7.41. The minimum Gasteiger partial charge on any atom is -0.485 e. The lowest BCUT2D eigenvalue weighted by Gasteiger charge is -2.16. The van der Waals surface area contributed by atoms with Crippen LogP contribution in [0.3, 0.4) is 0 Å². The first kappa shape index (κ1) is 12.5. The summed E-state index contributed by atoms with van der Waals surface area (Å²) < 4.78 is 12.2. The Bertz CT molecular complexity index is 410. The summed E-state index contributed by atoms with van der Waals surface area (Å²) in [5.41, 5.74) is -0.285. The van der Waals surface area contributed by atoms with Crippen molar-refractivity contribution < 1.29 is 9.47 Å². The van der Waals surface area contributed by atoms with Crippen molar-refractivity contribution in [3.05, 3.63) is 16.6 Å². The zero-order chi connectivity index (χ0) is 12.3. The summed E-state index contributed by atoms with van der Waals surface area (Å²) in [6.07, 6.45) is 1.40. The van der Waals surface area contributed by atoms with E-state index in [0.717, 1.165) is 0 Å². The predicted octanol–water partition coefficient (Wildman–Crippen LogP) is 1.35. The summed E-state index contributed by atoms with van der Waals surface area (Å²) in [7, 11) is 1.58. The maximum atomic E-state index is 11.8. The van der Waals surface area contributed by atoms with Gasteiger partial charge in [-0.15, -0.1) is 0 Å². The molecule has 0 N–H and O–H groups in total. The van der Waals surface area contributed by atoms with Gasteiger partial charge < -0.3 is 9.47 Å². The van der Waals surface area contributed by atoms with Crippen LogP contribution in [-0.2, 0) is 7.05 Å². The Kier molecular flexibility index (Phi) is 3.93. The Morgan fingerprint density at radius 3 is 2.25 bits per heavy atom. The van der Waals surface area contributed by atoms with E-state index in [9.17, 15) is 4.79 Å². The summed E-state index contributed by atoms with van der Waals surface area (Å²) in [4.78, 5) is 11.8. The van der Waals surface area contributed by atoms with E-state index in [1.165, 1.54) is 10.9 Å². The van der Waals surface area contributed by atoms with Crippen LogP contribution in [0.4, 0.5) is 0 Å². The summed E-state index contributed by atoms with van der Waals surface area (Å²) >= 11 is 0. The third-order valence-electron chi connectivity index (χ3n) is 1.78. The molecule has 0 fully saturated rings. The maximum Gasteiger partial charge on any atom is 0.312 e. The van der Waals surface area contributed by atoms with Gasteiger partial charge in [-0.1, -0.05) is 0 Å². The van der Waals surface area contributed by atoms with Crippen LogP contribution in [0.5, 0.6) is 11.5 Å². The molecule has 1 aromatic rings. The fraction of sp³-hybridized carbons (Fsp3) is 0.636. The third-order valence-corrected chi connectivity index (χ3v) is 1.78. The first-order valence-electron chi connectivity index (χ1n) is 5.31. The molecule has 1 aromatic heterocycles. The highest BCUT2D eigenvalue weighted by Crippen LogP contribution is 2.23. The second-order valence-electron chi connectivity index (χ2n) is 4.10. The average Bonchev–Trinajstić information content (AvgIpc) is 2.16. The average molecular weight is 226 g/mol. The van der Waals surface area contributed by atoms with E-state index in [4.69, 9.17) is 9.47 Å². The van der Waals surface area contributed by atoms with Crippen LogP contribution in [0.25, 0.3) is 0 Å². The van der Waals surface area contributed by atoms with Gasteiger partial charge in [0, 0.05) is 7.05 Å². The molecule has 0 aromatic carbocycles. The van der Waals surface area contributed by atoms with E-state index in [1.807, 2.05) is 27.7 Å². The number of aromatic nitrogens is 2. The van der Waals surface area contributed by atoms with E-state index >= 15 is 0 Å². The SMILES string of the molecule is CC(C)Oc1cnn(C)c(=O)c1OC(C)C. The number of rotatable bonds is 4. The Hall–Kier alpha value is -1.52. The normalized spacial score (nSPS) is 10.9. The summed E-state index contributed by atoms with van der Waals surface area (Å²) in [6.45, 7) is 7.49. The molecule has 5 nitrogen and oxygen atoms in total. The Labute approximate surface area is 95.0 Å². The maximum absolute atomic E-state index is 11.8. The Morgan fingerprint density at radius 2 is 1.75 bits per heavy atom. The minimum atomic E-state index is -0.285. The van der Waals surface area contributed by atoms with Gasteiger partial charge in [-0.3, -0.25) is 4.79 Å². The van der Waals surface area contributed by atoms with Crippen molar-refractivity contribution in [2.75, 3.05) is 0 Å². The van der Waals surface area contributed by atoms with Crippen molar-refractivity contribution in [3.8, 4) is 11.5 Å². The van der Waals surface area contributed by atoms with E-state index in [0.29, 0.717) is 5.75 Å². The van der Waals surface area contributed by atoms with Crippen LogP contribution in [-0.4, -0.2) is 22.0 Å². The molecule has 0 radical (unpaired) electrons. The van der Waals surface area contributed by atoms with Gasteiger partial charge in [0.05, 0.1) is 18.4 Å². The molecule has 0 bridgehead atoms. The van der Waals surface area contributed by atoms with Gasteiger partial charge in [0.1, 0.15) is 0 Å². The number of hydrogen-bond donors (Lipinski definition) is 0. The molecule has 0 atom stereocenters. The molecule has 0 saturated carbocycles. The lowest BCUT2D eigenvalue weighted by Crippen LogP contribution is -2.25. The number of ether oxygens (including phenoxy) is 2. The standard InChI is InChI=1S/C11H18N2O3/c1-7(2)15-9-6-12-13(5)11(14)10(9)16-8(3)4/h6-8H,1-5H3. The van der Waals surface area contributed by atoms with Crippen LogP contribution >= 0.6 is 0 Å². The molecule has 16 heavy (non-hydrogen) atoms. The molecule has 0 aliphatic rings. The van der Waals surface area contributed by atoms with E-state index in [2.05, 4.69) is 5.10 Å². The molecule has 5 heteroatoms. The highest BCUT2D eigenvalue weighted by atomic mass is 16.5. The zero-order valence-corrected chi connectivity index (χ0v) is 10.4. The second-order valence-corrected chi connectivity index (χ2v) is 4.10. The summed E-state index contributed by atoms with van der Waals surface area (Å²) in [5, 5.41) is 3.90. The molecule has 90 valence electrons. The van der Waals surface area contributed by atoms with Crippen molar-refractivity contribution in [1.82, 2.24) is 9.78 Å². The molecular formula is C11H18N2O3. The van der Waals surface area contributed by atoms with Gasteiger partial charge in [0.2, 0.25) is 5.75 Å². The largest absolute Gasteiger partial charge is 0.485 e. The van der Waals surface area contributed by atoms with Crippen LogP contribution < -0.4 is 15.0 Å². The van der Waals surface area contributed by atoms with E-state index in [-0.39, 0.29) is 23.5 Å². The van der Waals surface area contributed by atoms with Crippen LogP contribution in [0.2, 0.25) is 0 Å². The topological polar surface area (TPSA) is 53.4 Å². The van der Waals surface area contributed by atoms with Crippen molar-refractivity contribution in [2.45, 2.75) is 39.9 Å². The summed E-state index contributed by atoms with van der Waals surface area (Å²) in [6, 6.07) is 0. The number of aryl methyl sites for hydroxylation is 1. The molecule has 0 spiro atoms. The smallest absolute Gasteiger partial charge is 0.312 e. The van der Waals surface area contributed by atoms with Gasteiger partial charge >= 0.3 is 5.56 Å². The molecule has 1 rings (SSSR count). The molecule has 0 unspecified atom stereocenters. The van der Waals surface area contributed by atoms with Gasteiger partial charge in [-0.2, -0.15) is 5.10 Å². The Morgan fingerprint density at radius 1 is 1.19 bits per heavy atom.